The Kier molecular flexibility index (Phi) is 5.19. The van der Waals surface area contributed by atoms with Gasteiger partial charge in [-0.3, -0.25) is 4.79 Å². The molecule has 138 valence electrons. The van der Waals surface area contributed by atoms with Crippen LogP contribution in [0.5, 0.6) is 0 Å². The summed E-state index contributed by atoms with van der Waals surface area (Å²) in [6, 6.07) is 20.7. The van der Waals surface area contributed by atoms with Gasteiger partial charge >= 0.3 is 0 Å². The molecule has 0 bridgehead atoms. The number of carbonyl (C=O) groups excluding carboxylic acids is 1. The van der Waals surface area contributed by atoms with Gasteiger partial charge in [0.2, 0.25) is 0 Å². The SMILES string of the molecule is Cc1ccc(/C=N\NC(=O)c2cc(-c3ccccc3Cl)nc3ccccc23)s1. The van der Waals surface area contributed by atoms with Crippen molar-refractivity contribution in [2.24, 2.45) is 5.10 Å². The van der Waals surface area contributed by atoms with Crippen LogP contribution in [0.3, 0.4) is 0 Å². The first-order valence-corrected chi connectivity index (χ1v) is 9.86. The van der Waals surface area contributed by atoms with Gasteiger partial charge in [-0.05, 0) is 37.3 Å². The maximum absolute atomic E-state index is 12.8. The number of hydrogen-bond acceptors (Lipinski definition) is 4. The van der Waals surface area contributed by atoms with Gasteiger partial charge in [0.15, 0.2) is 0 Å². The fraction of sp³-hybridized carbons (Fsp3) is 0.0455. The van der Waals surface area contributed by atoms with Crippen LogP contribution >= 0.6 is 22.9 Å². The van der Waals surface area contributed by atoms with Crippen LogP contribution in [-0.2, 0) is 0 Å². The molecule has 2 aromatic heterocycles. The summed E-state index contributed by atoms with van der Waals surface area (Å²) >= 11 is 7.95. The Hall–Kier alpha value is -3.02. The number of para-hydroxylation sites is 1. The number of benzene rings is 2. The lowest BCUT2D eigenvalue weighted by Crippen LogP contribution is -2.18. The van der Waals surface area contributed by atoms with Gasteiger partial charge in [-0.15, -0.1) is 11.3 Å². The van der Waals surface area contributed by atoms with Gasteiger partial charge in [-0.2, -0.15) is 5.10 Å². The molecular weight excluding hydrogens is 390 g/mol. The quantitative estimate of drug-likeness (QED) is 0.350. The third kappa shape index (κ3) is 3.81. The number of aryl methyl sites for hydroxylation is 1. The zero-order valence-electron chi connectivity index (χ0n) is 15.0. The number of aromatic nitrogens is 1. The molecule has 0 aliphatic heterocycles. The summed E-state index contributed by atoms with van der Waals surface area (Å²) in [5.74, 6) is -0.295. The summed E-state index contributed by atoms with van der Waals surface area (Å²) in [6.45, 7) is 2.03. The smallest absolute Gasteiger partial charge is 0.267 e. The van der Waals surface area contributed by atoms with E-state index in [1.54, 1.807) is 29.7 Å². The molecule has 0 spiro atoms. The van der Waals surface area contributed by atoms with Gasteiger partial charge in [-0.25, -0.2) is 10.4 Å². The highest BCUT2D eigenvalue weighted by atomic mass is 35.5. The van der Waals surface area contributed by atoms with Gasteiger partial charge in [0, 0.05) is 25.7 Å². The first kappa shape index (κ1) is 18.3. The number of thiophene rings is 1. The van der Waals surface area contributed by atoms with Crippen LogP contribution < -0.4 is 5.43 Å². The molecule has 4 aromatic rings. The van der Waals surface area contributed by atoms with E-state index in [2.05, 4.69) is 15.5 Å². The minimum Gasteiger partial charge on any atom is -0.267 e. The van der Waals surface area contributed by atoms with Crippen molar-refractivity contribution in [3.05, 3.63) is 87.1 Å². The van der Waals surface area contributed by atoms with Crippen molar-refractivity contribution in [2.45, 2.75) is 6.92 Å². The van der Waals surface area contributed by atoms with E-state index in [1.165, 1.54) is 4.88 Å². The molecule has 0 aliphatic rings. The van der Waals surface area contributed by atoms with Gasteiger partial charge in [0.1, 0.15) is 0 Å². The number of rotatable bonds is 4. The highest BCUT2D eigenvalue weighted by molar-refractivity contribution is 7.13. The Morgan fingerprint density at radius 3 is 2.68 bits per heavy atom. The molecule has 0 fully saturated rings. The first-order valence-electron chi connectivity index (χ1n) is 8.66. The van der Waals surface area contributed by atoms with Crippen LogP contribution in [0.1, 0.15) is 20.1 Å². The molecule has 0 saturated heterocycles. The van der Waals surface area contributed by atoms with Crippen LogP contribution in [0.2, 0.25) is 5.02 Å². The molecule has 1 amide bonds. The Morgan fingerprint density at radius 1 is 1.11 bits per heavy atom. The van der Waals surface area contributed by atoms with Crippen molar-refractivity contribution in [3.63, 3.8) is 0 Å². The summed E-state index contributed by atoms with van der Waals surface area (Å²) in [7, 11) is 0. The van der Waals surface area contributed by atoms with E-state index in [1.807, 2.05) is 61.5 Å². The van der Waals surface area contributed by atoms with E-state index in [0.29, 0.717) is 16.3 Å². The van der Waals surface area contributed by atoms with Crippen LogP contribution in [0.15, 0.2) is 71.8 Å². The zero-order valence-corrected chi connectivity index (χ0v) is 16.6. The maximum atomic E-state index is 12.8. The molecule has 2 heterocycles. The number of amides is 1. The van der Waals surface area contributed by atoms with E-state index in [-0.39, 0.29) is 5.91 Å². The molecule has 0 unspecified atom stereocenters. The van der Waals surface area contributed by atoms with E-state index in [4.69, 9.17) is 11.6 Å². The van der Waals surface area contributed by atoms with Crippen molar-refractivity contribution in [1.82, 2.24) is 10.4 Å². The average Bonchev–Trinajstić information content (AvgIpc) is 3.12. The number of nitrogens with zero attached hydrogens (tertiary/aromatic N) is 2. The first-order chi connectivity index (χ1) is 13.6. The average molecular weight is 406 g/mol. The third-order valence-corrected chi connectivity index (χ3v) is 5.49. The van der Waals surface area contributed by atoms with Crippen molar-refractivity contribution >= 4 is 46.0 Å². The van der Waals surface area contributed by atoms with Gasteiger partial charge in [-0.1, -0.05) is 48.0 Å². The standard InChI is InChI=1S/C22H16ClN3OS/c1-14-10-11-15(28-14)13-24-26-22(27)18-12-21(17-7-2-4-8-19(17)23)25-20-9-5-3-6-16(18)20/h2-13H,1H3,(H,26,27)/b24-13-. The fourth-order valence-corrected chi connectivity index (χ4v) is 3.89. The van der Waals surface area contributed by atoms with Gasteiger partial charge in [0.05, 0.1) is 23.0 Å². The molecule has 28 heavy (non-hydrogen) atoms. The Balaban J connectivity index is 1.71. The van der Waals surface area contributed by atoms with Crippen molar-refractivity contribution < 1.29 is 4.79 Å². The monoisotopic (exact) mass is 405 g/mol. The minimum absolute atomic E-state index is 0.295. The second-order valence-electron chi connectivity index (χ2n) is 6.20. The summed E-state index contributed by atoms with van der Waals surface area (Å²) in [5, 5.41) is 5.45. The van der Waals surface area contributed by atoms with Crippen LogP contribution in [-0.4, -0.2) is 17.1 Å². The van der Waals surface area contributed by atoms with E-state index in [9.17, 15) is 4.79 Å². The van der Waals surface area contributed by atoms with Crippen LogP contribution in [0.25, 0.3) is 22.2 Å². The molecule has 4 nitrogen and oxygen atoms in total. The second kappa shape index (κ2) is 7.92. The molecule has 2 aromatic carbocycles. The molecular formula is C22H16ClN3OS. The van der Waals surface area contributed by atoms with E-state index in [0.717, 1.165) is 21.3 Å². The molecule has 0 aliphatic carbocycles. The molecule has 6 heteroatoms. The van der Waals surface area contributed by atoms with Crippen molar-refractivity contribution in [1.29, 1.82) is 0 Å². The lowest BCUT2D eigenvalue weighted by Gasteiger charge is -2.10. The molecule has 1 N–H and O–H groups in total. The van der Waals surface area contributed by atoms with Crippen molar-refractivity contribution in [2.75, 3.05) is 0 Å². The normalized spacial score (nSPS) is 11.2. The minimum atomic E-state index is -0.295. The largest absolute Gasteiger partial charge is 0.272 e. The van der Waals surface area contributed by atoms with E-state index < -0.39 is 0 Å². The molecule has 0 saturated carbocycles. The summed E-state index contributed by atoms with van der Waals surface area (Å²) in [4.78, 5) is 19.7. The molecule has 0 radical (unpaired) electrons. The predicted octanol–water partition coefficient (Wildman–Crippen LogP) is 5.69. The Labute approximate surface area is 171 Å². The Morgan fingerprint density at radius 2 is 1.89 bits per heavy atom. The highest BCUT2D eigenvalue weighted by Crippen LogP contribution is 2.29. The highest BCUT2D eigenvalue weighted by Gasteiger charge is 2.14. The van der Waals surface area contributed by atoms with Gasteiger partial charge in [0.25, 0.3) is 5.91 Å². The summed E-state index contributed by atoms with van der Waals surface area (Å²) in [5.41, 5.74) is 5.27. The number of pyridine rings is 1. The lowest BCUT2D eigenvalue weighted by atomic mass is 10.0. The second-order valence-corrected chi connectivity index (χ2v) is 7.93. The number of hydrazone groups is 1. The topological polar surface area (TPSA) is 54.4 Å². The van der Waals surface area contributed by atoms with E-state index >= 15 is 0 Å². The van der Waals surface area contributed by atoms with Crippen molar-refractivity contribution in [3.8, 4) is 11.3 Å². The zero-order chi connectivity index (χ0) is 19.5. The lowest BCUT2D eigenvalue weighted by molar-refractivity contribution is 0.0957. The summed E-state index contributed by atoms with van der Waals surface area (Å²) in [6.07, 6.45) is 1.65. The number of hydrogen-bond donors (Lipinski definition) is 1. The van der Waals surface area contributed by atoms with Gasteiger partial charge < -0.3 is 0 Å². The third-order valence-electron chi connectivity index (χ3n) is 4.23. The summed E-state index contributed by atoms with van der Waals surface area (Å²) < 4.78 is 0. The predicted molar refractivity (Wildman–Crippen MR) is 116 cm³/mol. The number of carbonyl (C=O) groups is 1. The Bertz CT molecular complexity index is 1200. The number of nitrogens with one attached hydrogen (secondary N) is 1. The molecule has 0 atom stereocenters. The van der Waals surface area contributed by atoms with Crippen LogP contribution in [0.4, 0.5) is 0 Å². The number of fused-ring (bicyclic) bond motifs is 1. The molecule has 4 rings (SSSR count). The van der Waals surface area contributed by atoms with Crippen LogP contribution in [0, 0.1) is 6.92 Å². The maximum Gasteiger partial charge on any atom is 0.272 e. The number of halogens is 1. The fourth-order valence-electron chi connectivity index (χ4n) is 2.91.